The minimum absolute atomic E-state index is 0.174. The van der Waals surface area contributed by atoms with Gasteiger partial charge < -0.3 is 35.3 Å². The van der Waals surface area contributed by atoms with Crippen LogP contribution in [0.4, 0.5) is 17.3 Å². The van der Waals surface area contributed by atoms with E-state index in [2.05, 4.69) is 25.9 Å². The van der Waals surface area contributed by atoms with E-state index in [1.54, 1.807) is 88.2 Å². The molecule has 0 aliphatic heterocycles. The molecule has 0 spiro atoms. The second-order valence-electron chi connectivity index (χ2n) is 11.3. The third kappa shape index (κ3) is 8.35. The maximum absolute atomic E-state index is 12.8. The number of anilines is 3. The van der Waals surface area contributed by atoms with Crippen molar-refractivity contribution in [3.05, 3.63) is 145 Å². The van der Waals surface area contributed by atoms with Gasteiger partial charge in [0.15, 0.2) is 0 Å². The number of pyridine rings is 2. The monoisotopic (exact) mass is 693 g/mol. The Morgan fingerprint density at radius 3 is 1.56 bits per heavy atom. The predicted octanol–water partition coefficient (Wildman–Crippen LogP) is 9.10. The largest absolute Gasteiger partial charge is 0.497 e. The van der Waals surface area contributed by atoms with Gasteiger partial charge in [0.25, 0.3) is 5.91 Å². The van der Waals surface area contributed by atoms with Gasteiger partial charge in [0.2, 0.25) is 0 Å². The van der Waals surface area contributed by atoms with Crippen LogP contribution in [0.3, 0.4) is 0 Å². The van der Waals surface area contributed by atoms with Crippen LogP contribution in [0.5, 0.6) is 28.7 Å². The van der Waals surface area contributed by atoms with Crippen molar-refractivity contribution in [1.82, 2.24) is 9.97 Å². The van der Waals surface area contributed by atoms with Crippen LogP contribution >= 0.6 is 0 Å². The molecule has 0 fully saturated rings. The van der Waals surface area contributed by atoms with E-state index in [1.165, 1.54) is 0 Å². The standard InChI is InChI=1S/C24H21N3O3.C17H14N2O3/c1-25-23-15-20(12-13-26-23)30-19-10-11-21-16(14-19)4-3-5-22(21)24(28)27-17-6-8-18(29-2)9-7-17;1-18-16-10-13(7-8-19-16)22-12-5-6-14-11(9-12)3-2-4-15(14)17(20)21/h3-15H,1-2H3,(H,25,26)(H,27,28);2-10H,1H3,(H,18,19)(H,20,21). The van der Waals surface area contributed by atoms with Gasteiger partial charge in [-0.25, -0.2) is 14.8 Å². The van der Waals surface area contributed by atoms with Crippen LogP contribution in [0.15, 0.2) is 134 Å². The third-order valence-corrected chi connectivity index (χ3v) is 7.97. The summed E-state index contributed by atoms with van der Waals surface area (Å²) in [6.07, 6.45) is 3.34. The number of hydrogen-bond acceptors (Lipinski definition) is 9. The van der Waals surface area contributed by atoms with E-state index in [9.17, 15) is 14.7 Å². The molecule has 0 saturated carbocycles. The molecule has 0 aliphatic rings. The van der Waals surface area contributed by atoms with E-state index in [0.29, 0.717) is 45.5 Å². The molecule has 11 nitrogen and oxygen atoms in total. The number of nitrogens with zero attached hydrogens (tertiary/aromatic N) is 2. The first-order valence-corrected chi connectivity index (χ1v) is 16.2. The van der Waals surface area contributed by atoms with Crippen molar-refractivity contribution in [2.45, 2.75) is 0 Å². The molecule has 7 rings (SSSR count). The molecule has 0 atom stereocenters. The molecular formula is C41H35N5O6. The van der Waals surface area contributed by atoms with Crippen molar-refractivity contribution in [1.29, 1.82) is 0 Å². The lowest BCUT2D eigenvalue weighted by molar-refractivity contribution is 0.0698. The van der Waals surface area contributed by atoms with Gasteiger partial charge in [0.05, 0.1) is 12.7 Å². The number of carboxylic acids is 1. The zero-order valence-electron chi connectivity index (χ0n) is 28.6. The van der Waals surface area contributed by atoms with Gasteiger partial charge in [-0.05, 0) is 106 Å². The predicted molar refractivity (Wildman–Crippen MR) is 204 cm³/mol. The second-order valence-corrected chi connectivity index (χ2v) is 11.3. The molecule has 0 radical (unpaired) electrons. The number of carbonyl (C=O) groups excluding carboxylic acids is 1. The van der Waals surface area contributed by atoms with Crippen molar-refractivity contribution < 1.29 is 28.9 Å². The Kier molecular flexibility index (Phi) is 10.7. The van der Waals surface area contributed by atoms with E-state index in [-0.39, 0.29) is 11.5 Å². The lowest BCUT2D eigenvalue weighted by atomic mass is 10.0. The second kappa shape index (κ2) is 16.0. The van der Waals surface area contributed by atoms with Gasteiger partial charge >= 0.3 is 5.97 Å². The number of rotatable bonds is 10. The minimum atomic E-state index is -0.938. The maximum Gasteiger partial charge on any atom is 0.336 e. The number of carbonyl (C=O) groups is 2. The first-order chi connectivity index (χ1) is 25.3. The molecule has 2 aromatic heterocycles. The van der Waals surface area contributed by atoms with Gasteiger partial charge in [-0.2, -0.15) is 0 Å². The van der Waals surface area contributed by atoms with Gasteiger partial charge in [-0.1, -0.05) is 24.3 Å². The summed E-state index contributed by atoms with van der Waals surface area (Å²) in [5.41, 5.74) is 1.58. The summed E-state index contributed by atoms with van der Waals surface area (Å²) in [5.74, 6) is 3.74. The van der Waals surface area contributed by atoms with Crippen molar-refractivity contribution in [3.8, 4) is 28.7 Å². The number of carboxylic acid groups (broad SMARTS) is 1. The van der Waals surface area contributed by atoms with E-state index in [0.717, 1.165) is 27.7 Å². The molecular weight excluding hydrogens is 658 g/mol. The molecule has 7 aromatic rings. The Balaban J connectivity index is 0.000000187. The zero-order valence-corrected chi connectivity index (χ0v) is 28.6. The average molecular weight is 694 g/mol. The smallest absolute Gasteiger partial charge is 0.336 e. The lowest BCUT2D eigenvalue weighted by Crippen LogP contribution is -2.12. The Hall–Kier alpha value is -7.14. The van der Waals surface area contributed by atoms with Crippen LogP contribution in [-0.2, 0) is 0 Å². The molecule has 1 amide bonds. The third-order valence-electron chi connectivity index (χ3n) is 7.97. The maximum atomic E-state index is 12.8. The number of amides is 1. The van der Waals surface area contributed by atoms with E-state index >= 15 is 0 Å². The van der Waals surface area contributed by atoms with Crippen LogP contribution in [0, 0.1) is 0 Å². The average Bonchev–Trinajstić information content (AvgIpc) is 3.18. The summed E-state index contributed by atoms with van der Waals surface area (Å²) in [4.78, 5) is 32.4. The molecule has 0 saturated heterocycles. The first-order valence-electron chi connectivity index (χ1n) is 16.2. The highest BCUT2D eigenvalue weighted by atomic mass is 16.5. The molecule has 4 N–H and O–H groups in total. The highest BCUT2D eigenvalue weighted by Gasteiger charge is 2.12. The molecule has 2 heterocycles. The van der Waals surface area contributed by atoms with Crippen LogP contribution < -0.4 is 30.2 Å². The minimum Gasteiger partial charge on any atom is -0.497 e. The molecule has 52 heavy (non-hydrogen) atoms. The van der Waals surface area contributed by atoms with Crippen LogP contribution in [0.1, 0.15) is 20.7 Å². The van der Waals surface area contributed by atoms with Crippen molar-refractivity contribution in [2.75, 3.05) is 37.2 Å². The molecule has 260 valence electrons. The fourth-order valence-corrected chi connectivity index (χ4v) is 5.40. The number of benzene rings is 5. The Labute approximate surface area is 299 Å². The van der Waals surface area contributed by atoms with Crippen LogP contribution in [-0.4, -0.2) is 48.2 Å². The number of aromatic carboxylic acids is 1. The summed E-state index contributed by atoms with van der Waals surface area (Å²) in [6.45, 7) is 0. The number of ether oxygens (including phenoxy) is 3. The Morgan fingerprint density at radius 2 is 1.06 bits per heavy atom. The summed E-state index contributed by atoms with van der Waals surface area (Å²) in [7, 11) is 5.20. The summed E-state index contributed by atoms with van der Waals surface area (Å²) in [5, 5.41) is 21.3. The molecule has 0 aliphatic carbocycles. The summed E-state index contributed by atoms with van der Waals surface area (Å²) < 4.78 is 16.9. The highest BCUT2D eigenvalue weighted by Crippen LogP contribution is 2.30. The number of hydrogen-bond donors (Lipinski definition) is 4. The van der Waals surface area contributed by atoms with E-state index in [1.807, 2.05) is 66.7 Å². The van der Waals surface area contributed by atoms with Crippen molar-refractivity contribution in [3.63, 3.8) is 0 Å². The van der Waals surface area contributed by atoms with Crippen molar-refractivity contribution in [2.24, 2.45) is 0 Å². The van der Waals surface area contributed by atoms with Crippen molar-refractivity contribution >= 4 is 50.7 Å². The number of nitrogens with one attached hydrogen (secondary N) is 3. The molecule has 11 heteroatoms. The lowest BCUT2D eigenvalue weighted by Gasteiger charge is -2.11. The fraction of sp³-hybridized carbons (Fsp3) is 0.0732. The first kappa shape index (κ1) is 34.7. The Bertz CT molecular complexity index is 2360. The van der Waals surface area contributed by atoms with Gasteiger partial charge in [0, 0.05) is 49.9 Å². The number of methoxy groups -OCH3 is 1. The van der Waals surface area contributed by atoms with Gasteiger partial charge in [0.1, 0.15) is 40.4 Å². The number of aromatic nitrogens is 2. The zero-order chi connectivity index (χ0) is 36.5. The van der Waals surface area contributed by atoms with E-state index < -0.39 is 5.97 Å². The molecule has 0 bridgehead atoms. The Morgan fingerprint density at radius 1 is 0.577 bits per heavy atom. The topological polar surface area (TPSA) is 144 Å². The molecule has 0 unspecified atom stereocenters. The number of fused-ring (bicyclic) bond motifs is 2. The quantitative estimate of drug-likeness (QED) is 0.109. The van der Waals surface area contributed by atoms with Gasteiger partial charge in [-0.3, -0.25) is 4.79 Å². The molecule has 5 aromatic carbocycles. The summed E-state index contributed by atoms with van der Waals surface area (Å²) >= 11 is 0. The van der Waals surface area contributed by atoms with Crippen LogP contribution in [0.2, 0.25) is 0 Å². The van der Waals surface area contributed by atoms with Crippen LogP contribution in [0.25, 0.3) is 21.5 Å². The SMILES string of the molecule is CNc1cc(Oc2ccc3c(C(=O)Nc4ccc(OC)cc4)cccc3c2)ccn1.CNc1cc(Oc2ccc3c(C(=O)O)cccc3c2)ccn1. The normalized spacial score (nSPS) is 10.4. The fourth-order valence-electron chi connectivity index (χ4n) is 5.40. The highest BCUT2D eigenvalue weighted by molar-refractivity contribution is 6.13. The summed E-state index contributed by atoms with van der Waals surface area (Å²) in [6, 6.07) is 36.2. The van der Waals surface area contributed by atoms with Gasteiger partial charge in [-0.15, -0.1) is 0 Å². The van der Waals surface area contributed by atoms with E-state index in [4.69, 9.17) is 14.2 Å².